The number of piperidine rings is 2. The molecule has 1 amide bonds. The molecule has 0 bridgehead atoms. The van der Waals surface area contributed by atoms with Gasteiger partial charge in [-0.15, -0.1) is 0 Å². The normalized spacial score (nSPS) is 23.1. The van der Waals surface area contributed by atoms with E-state index in [9.17, 15) is 4.79 Å². The molecule has 0 spiro atoms. The van der Waals surface area contributed by atoms with Gasteiger partial charge in [0, 0.05) is 25.2 Å². The Bertz CT molecular complexity index is 649. The van der Waals surface area contributed by atoms with E-state index in [1.807, 2.05) is 43.3 Å². The summed E-state index contributed by atoms with van der Waals surface area (Å²) in [5.74, 6) is 0.765. The van der Waals surface area contributed by atoms with Gasteiger partial charge in [0.05, 0.1) is 6.61 Å². The van der Waals surface area contributed by atoms with Crippen molar-refractivity contribution in [2.75, 3.05) is 26.3 Å². The van der Waals surface area contributed by atoms with Crippen LogP contribution in [0.5, 0.6) is 0 Å². The Morgan fingerprint density at radius 3 is 2.45 bits per heavy atom. The van der Waals surface area contributed by atoms with E-state index in [-0.39, 0.29) is 41.0 Å². The molecule has 0 radical (unpaired) electrons. The summed E-state index contributed by atoms with van der Waals surface area (Å²) >= 11 is 0. The zero-order chi connectivity index (χ0) is 21.8. The molecule has 1 aromatic carbocycles. The van der Waals surface area contributed by atoms with Crippen LogP contribution in [-0.2, 0) is 11.3 Å². The van der Waals surface area contributed by atoms with E-state index in [1.165, 1.54) is 18.4 Å². The number of aliphatic hydroxyl groups is 2. The molecule has 3 rings (SSSR count). The minimum absolute atomic E-state index is 0. The number of amides is 1. The number of benzene rings is 1. The van der Waals surface area contributed by atoms with E-state index in [0.29, 0.717) is 25.8 Å². The van der Waals surface area contributed by atoms with Crippen LogP contribution >= 0.6 is 0 Å². The van der Waals surface area contributed by atoms with Gasteiger partial charge in [0.1, 0.15) is 6.61 Å². The molecule has 3 N–H and O–H groups in total. The molecule has 2 aliphatic rings. The van der Waals surface area contributed by atoms with Crippen molar-refractivity contribution in [1.82, 2.24) is 10.2 Å². The number of carbonyl (C=O) groups excluding carboxylic acids is 1. The molecule has 2 heterocycles. The number of hydrogen-bond donors (Lipinski definition) is 3. The summed E-state index contributed by atoms with van der Waals surface area (Å²) in [6.07, 6.45) is 6.66. The van der Waals surface area contributed by atoms with Crippen LogP contribution in [0.25, 0.3) is 0 Å². The molecule has 3 unspecified atom stereocenters. The van der Waals surface area contributed by atoms with Crippen LogP contribution in [0.2, 0.25) is 0 Å². The predicted molar refractivity (Wildman–Crippen MR) is 139 cm³/mol. The highest BCUT2D eigenvalue weighted by atomic mass is 16.6. The number of hydrogen-bond acceptors (Lipinski definition) is 5. The Morgan fingerprint density at radius 2 is 1.88 bits per heavy atom. The number of nitrogens with one attached hydrogen (secondary N) is 1. The van der Waals surface area contributed by atoms with Crippen molar-refractivity contribution in [3.63, 3.8) is 0 Å². The lowest BCUT2D eigenvalue weighted by Crippen LogP contribution is -2.43. The summed E-state index contributed by atoms with van der Waals surface area (Å²) in [5.41, 5.74) is 2.21. The molecule has 0 saturated carbocycles. The minimum Gasteiger partial charge on any atom is -0.445 e. The standard InChI is InChI=1S/C16H21NO3.C8H17NO.3CH4/c1-13-11-14(8-10-18)7-9-17(13)16(19)20-12-15-5-3-2-4-6-15;1-7-6-8(3-5-10)2-4-9-7;;;/h2-6,8,13,18H,7,9-12H2,1H3;7-10H,2-6H2,1H3;3*1H4/b14-8+;;;;. The van der Waals surface area contributed by atoms with Gasteiger partial charge in [-0.05, 0) is 64.0 Å². The fourth-order valence-electron chi connectivity index (χ4n) is 4.14. The number of likely N-dealkylation sites (tertiary alicyclic amines) is 1. The quantitative estimate of drug-likeness (QED) is 0.507. The van der Waals surface area contributed by atoms with Crippen LogP contribution in [0.1, 0.15) is 73.8 Å². The van der Waals surface area contributed by atoms with Crippen molar-refractivity contribution < 1.29 is 19.7 Å². The largest absolute Gasteiger partial charge is 0.445 e. The number of carbonyl (C=O) groups is 1. The van der Waals surface area contributed by atoms with Gasteiger partial charge in [0.15, 0.2) is 0 Å². The molecular formula is C27H50N2O4. The Kier molecular flexibility index (Phi) is 18.7. The SMILES string of the molecule is C.C.C.CC1C/C(=C/CO)CCN1C(=O)OCc1ccccc1.CC1CC(CCO)CCN1. The number of rotatable bonds is 5. The second-order valence-electron chi connectivity index (χ2n) is 8.34. The van der Waals surface area contributed by atoms with E-state index in [0.717, 1.165) is 37.3 Å². The summed E-state index contributed by atoms with van der Waals surface area (Å²) in [5, 5.41) is 21.0. The second-order valence-corrected chi connectivity index (χ2v) is 8.34. The highest BCUT2D eigenvalue weighted by Crippen LogP contribution is 2.23. The third kappa shape index (κ3) is 12.2. The molecule has 2 saturated heterocycles. The van der Waals surface area contributed by atoms with Crippen molar-refractivity contribution >= 4 is 6.09 Å². The van der Waals surface area contributed by atoms with Gasteiger partial charge in [0.2, 0.25) is 0 Å². The maximum Gasteiger partial charge on any atom is 0.410 e. The minimum atomic E-state index is -0.260. The van der Waals surface area contributed by atoms with Gasteiger partial charge < -0.3 is 25.2 Å². The first-order valence-corrected chi connectivity index (χ1v) is 11.1. The van der Waals surface area contributed by atoms with Crippen LogP contribution in [0.15, 0.2) is 42.0 Å². The molecule has 6 heteroatoms. The molecule has 2 aliphatic heterocycles. The fraction of sp³-hybridized carbons (Fsp3) is 0.667. The first-order chi connectivity index (χ1) is 14.5. The van der Waals surface area contributed by atoms with E-state index in [4.69, 9.17) is 14.9 Å². The van der Waals surface area contributed by atoms with Gasteiger partial charge in [0.25, 0.3) is 0 Å². The number of nitrogens with zero attached hydrogens (tertiary/aromatic N) is 1. The maximum absolute atomic E-state index is 12.1. The van der Waals surface area contributed by atoms with Crippen LogP contribution in [-0.4, -0.2) is 59.6 Å². The maximum atomic E-state index is 12.1. The average molecular weight is 467 g/mol. The molecule has 2 fully saturated rings. The fourth-order valence-corrected chi connectivity index (χ4v) is 4.14. The zero-order valence-corrected chi connectivity index (χ0v) is 18.4. The van der Waals surface area contributed by atoms with Gasteiger partial charge >= 0.3 is 6.09 Å². The summed E-state index contributed by atoms with van der Waals surface area (Å²) in [6.45, 7) is 6.74. The molecule has 1 aromatic rings. The van der Waals surface area contributed by atoms with Gasteiger partial charge in [-0.1, -0.05) is 64.3 Å². The molecule has 192 valence electrons. The van der Waals surface area contributed by atoms with Crippen LogP contribution in [0.4, 0.5) is 4.79 Å². The van der Waals surface area contributed by atoms with Gasteiger partial charge in [-0.25, -0.2) is 4.79 Å². The summed E-state index contributed by atoms with van der Waals surface area (Å²) < 4.78 is 5.35. The lowest BCUT2D eigenvalue weighted by Gasteiger charge is -2.34. The molecule has 0 aromatic heterocycles. The Morgan fingerprint density at radius 1 is 1.18 bits per heavy atom. The third-order valence-electron chi connectivity index (χ3n) is 5.85. The molecular weight excluding hydrogens is 416 g/mol. The highest BCUT2D eigenvalue weighted by Gasteiger charge is 2.26. The topological polar surface area (TPSA) is 82.0 Å². The highest BCUT2D eigenvalue weighted by molar-refractivity contribution is 5.68. The van der Waals surface area contributed by atoms with Gasteiger partial charge in [-0.3, -0.25) is 0 Å². The van der Waals surface area contributed by atoms with Crippen molar-refractivity contribution in [3.8, 4) is 0 Å². The predicted octanol–water partition coefficient (Wildman–Crippen LogP) is 5.39. The molecule has 6 nitrogen and oxygen atoms in total. The van der Waals surface area contributed by atoms with E-state index >= 15 is 0 Å². The van der Waals surface area contributed by atoms with Crippen LogP contribution in [0, 0.1) is 5.92 Å². The lowest BCUT2D eigenvalue weighted by atomic mass is 9.91. The Labute approximate surface area is 203 Å². The van der Waals surface area contributed by atoms with Gasteiger partial charge in [-0.2, -0.15) is 0 Å². The second kappa shape index (κ2) is 18.5. The van der Waals surface area contributed by atoms with Crippen molar-refractivity contribution in [1.29, 1.82) is 0 Å². The van der Waals surface area contributed by atoms with Crippen LogP contribution < -0.4 is 5.32 Å². The third-order valence-corrected chi connectivity index (χ3v) is 5.85. The summed E-state index contributed by atoms with van der Waals surface area (Å²) in [7, 11) is 0. The van der Waals surface area contributed by atoms with Crippen molar-refractivity contribution in [2.45, 2.75) is 86.9 Å². The Hall–Kier alpha value is -1.89. The average Bonchev–Trinajstić information content (AvgIpc) is 2.74. The smallest absolute Gasteiger partial charge is 0.410 e. The van der Waals surface area contributed by atoms with Crippen molar-refractivity contribution in [2.24, 2.45) is 5.92 Å². The summed E-state index contributed by atoms with van der Waals surface area (Å²) in [6, 6.07) is 10.4. The monoisotopic (exact) mass is 466 g/mol. The zero-order valence-electron chi connectivity index (χ0n) is 18.4. The van der Waals surface area contributed by atoms with E-state index < -0.39 is 0 Å². The van der Waals surface area contributed by atoms with E-state index in [1.54, 1.807) is 4.90 Å². The Balaban J connectivity index is 0. The molecule has 0 aliphatic carbocycles. The first kappa shape index (κ1) is 33.3. The number of aliphatic hydroxyl groups excluding tert-OH is 2. The van der Waals surface area contributed by atoms with Crippen molar-refractivity contribution in [3.05, 3.63) is 47.5 Å². The molecule has 3 atom stereocenters. The lowest BCUT2D eigenvalue weighted by molar-refractivity contribution is 0.0783. The molecule has 33 heavy (non-hydrogen) atoms. The first-order valence-electron chi connectivity index (χ1n) is 11.1. The summed E-state index contributed by atoms with van der Waals surface area (Å²) in [4.78, 5) is 13.8. The van der Waals surface area contributed by atoms with Crippen LogP contribution in [0.3, 0.4) is 0 Å². The van der Waals surface area contributed by atoms with E-state index in [2.05, 4.69) is 12.2 Å². The number of ether oxygens (including phenoxy) is 1.